The first-order chi connectivity index (χ1) is 16.9. The summed E-state index contributed by atoms with van der Waals surface area (Å²) in [7, 11) is 0. The molecule has 0 fully saturated rings. The molecule has 0 atom stereocenters. The van der Waals surface area contributed by atoms with Gasteiger partial charge in [-0.2, -0.15) is 0 Å². The summed E-state index contributed by atoms with van der Waals surface area (Å²) in [5.74, 6) is -1.15. The van der Waals surface area contributed by atoms with Crippen molar-refractivity contribution < 1.29 is 29.3 Å². The van der Waals surface area contributed by atoms with Gasteiger partial charge in [-0.1, -0.05) is 12.1 Å². The molecule has 0 saturated heterocycles. The summed E-state index contributed by atoms with van der Waals surface area (Å²) in [6.45, 7) is 3.85. The van der Waals surface area contributed by atoms with Crippen molar-refractivity contribution in [3.63, 3.8) is 0 Å². The largest absolute Gasteiger partial charge is 0.507 e. The lowest BCUT2D eigenvalue weighted by Crippen LogP contribution is -2.29. The molecule has 0 saturated carbocycles. The number of nitrogens with zero attached hydrogens (tertiary/aromatic N) is 2. The van der Waals surface area contributed by atoms with Crippen LogP contribution in [0.2, 0.25) is 0 Å². The van der Waals surface area contributed by atoms with Gasteiger partial charge in [0.15, 0.2) is 0 Å². The molecule has 0 aliphatic heterocycles. The van der Waals surface area contributed by atoms with Crippen LogP contribution in [0.3, 0.4) is 0 Å². The van der Waals surface area contributed by atoms with Crippen molar-refractivity contribution in [2.24, 2.45) is 0 Å². The van der Waals surface area contributed by atoms with Crippen LogP contribution in [0.5, 0.6) is 5.75 Å². The number of fused-ring (bicyclic) bond motifs is 2. The zero-order valence-electron chi connectivity index (χ0n) is 19.4. The zero-order chi connectivity index (χ0) is 25.1. The van der Waals surface area contributed by atoms with Crippen molar-refractivity contribution in [3.8, 4) is 16.3 Å². The Morgan fingerprint density at radius 2 is 1.91 bits per heavy atom. The average molecular weight is 499 g/mol. The number of aliphatic hydroxyl groups is 2. The predicted octanol–water partition coefficient (Wildman–Crippen LogP) is 3.05. The number of esters is 1. The molecule has 4 aromatic rings. The number of phenols is 1. The molecule has 2 heterocycles. The maximum atomic E-state index is 13.8. The molecule has 4 rings (SSSR count). The van der Waals surface area contributed by atoms with E-state index in [2.05, 4.69) is 4.98 Å². The van der Waals surface area contributed by atoms with Gasteiger partial charge in [0.25, 0.3) is 0 Å². The molecule has 0 bridgehead atoms. The van der Waals surface area contributed by atoms with Crippen molar-refractivity contribution in [1.29, 1.82) is 0 Å². The Morgan fingerprint density at radius 3 is 2.57 bits per heavy atom. The van der Waals surface area contributed by atoms with Crippen LogP contribution in [0.15, 0.2) is 39.5 Å². The van der Waals surface area contributed by atoms with Crippen LogP contribution in [0.4, 0.5) is 0 Å². The van der Waals surface area contributed by atoms with Crippen LogP contribution in [-0.4, -0.2) is 64.1 Å². The van der Waals surface area contributed by atoms with Gasteiger partial charge in [-0.05, 0) is 32.0 Å². The Morgan fingerprint density at radius 1 is 1.20 bits per heavy atom. The summed E-state index contributed by atoms with van der Waals surface area (Å²) in [5.41, 5.74) is 1.05. The van der Waals surface area contributed by atoms with Gasteiger partial charge in [-0.15, -0.1) is 11.3 Å². The van der Waals surface area contributed by atoms with Crippen LogP contribution in [-0.2, 0) is 11.3 Å². The molecule has 0 radical (unpaired) electrons. The third-order valence-corrected chi connectivity index (χ3v) is 6.71. The molecule has 10 heteroatoms. The highest BCUT2D eigenvalue weighted by Gasteiger charge is 2.27. The Hall–Kier alpha value is -3.31. The molecule has 9 nitrogen and oxygen atoms in total. The number of benzene rings is 2. The fourth-order valence-electron chi connectivity index (χ4n) is 3.98. The van der Waals surface area contributed by atoms with Gasteiger partial charge < -0.3 is 24.5 Å². The summed E-state index contributed by atoms with van der Waals surface area (Å²) in [6, 6.07) is 8.92. The van der Waals surface area contributed by atoms with E-state index in [-0.39, 0.29) is 67.5 Å². The molecule has 0 unspecified atom stereocenters. The van der Waals surface area contributed by atoms with Gasteiger partial charge >= 0.3 is 5.97 Å². The minimum absolute atomic E-state index is 0.00997. The maximum absolute atomic E-state index is 13.8. The summed E-state index contributed by atoms with van der Waals surface area (Å²) in [4.78, 5) is 32.9. The number of aromatic nitrogens is 1. The first-order valence-corrected chi connectivity index (χ1v) is 12.0. The highest BCUT2D eigenvalue weighted by Crippen LogP contribution is 2.36. The third-order valence-electron chi connectivity index (χ3n) is 5.66. The van der Waals surface area contributed by atoms with Crippen molar-refractivity contribution in [3.05, 3.63) is 57.4 Å². The van der Waals surface area contributed by atoms with Gasteiger partial charge in [0.05, 0.1) is 35.4 Å². The van der Waals surface area contributed by atoms with E-state index in [4.69, 9.17) is 9.15 Å². The number of aliphatic hydroxyl groups excluding tert-OH is 2. The Balaban J connectivity index is 1.97. The molecule has 0 aliphatic rings. The number of para-hydroxylation sites is 1. The molecule has 35 heavy (non-hydrogen) atoms. The zero-order valence-corrected chi connectivity index (χ0v) is 20.2. The quantitative estimate of drug-likeness (QED) is 0.298. The second-order valence-corrected chi connectivity index (χ2v) is 8.98. The standard InChI is InChI=1S/C25H26N2O7S/c1-3-33-25(32)23-19(24-26-17-6-4-5-7-18(17)35-24)21(31)16-12-15(13-27(8-10-28)9-11-29)20(30)14(2)22(16)34-23/h4-7,12,28-30H,3,8-11,13H2,1-2H3. The van der Waals surface area contributed by atoms with Crippen molar-refractivity contribution in [1.82, 2.24) is 9.88 Å². The second kappa shape index (κ2) is 10.5. The van der Waals surface area contributed by atoms with Gasteiger partial charge in [0.1, 0.15) is 21.9 Å². The van der Waals surface area contributed by atoms with Crippen LogP contribution in [0.1, 0.15) is 28.6 Å². The summed E-state index contributed by atoms with van der Waals surface area (Å²) in [6.07, 6.45) is 0. The van der Waals surface area contributed by atoms with E-state index >= 15 is 0 Å². The first kappa shape index (κ1) is 24.8. The van der Waals surface area contributed by atoms with E-state index in [1.165, 1.54) is 17.4 Å². The number of hydrogen-bond donors (Lipinski definition) is 3. The number of thiazole rings is 1. The van der Waals surface area contributed by atoms with E-state index < -0.39 is 11.4 Å². The predicted molar refractivity (Wildman–Crippen MR) is 133 cm³/mol. The Bertz CT molecular complexity index is 1400. The summed E-state index contributed by atoms with van der Waals surface area (Å²) >= 11 is 1.27. The van der Waals surface area contributed by atoms with E-state index in [1.54, 1.807) is 18.7 Å². The first-order valence-electron chi connectivity index (χ1n) is 11.2. The van der Waals surface area contributed by atoms with Crippen molar-refractivity contribution in [2.45, 2.75) is 20.4 Å². The molecule has 0 spiro atoms. The fraction of sp³-hybridized carbons (Fsp3) is 0.320. The van der Waals surface area contributed by atoms with Crippen LogP contribution in [0, 0.1) is 6.92 Å². The fourth-order valence-corrected chi connectivity index (χ4v) is 4.98. The molecule has 2 aromatic heterocycles. The highest BCUT2D eigenvalue weighted by atomic mass is 32.1. The molecule has 2 aromatic carbocycles. The second-order valence-electron chi connectivity index (χ2n) is 7.95. The molecule has 184 valence electrons. The number of rotatable bonds is 9. The lowest BCUT2D eigenvalue weighted by atomic mass is 10.0. The van der Waals surface area contributed by atoms with E-state index in [0.29, 0.717) is 21.7 Å². The highest BCUT2D eigenvalue weighted by molar-refractivity contribution is 7.21. The van der Waals surface area contributed by atoms with Gasteiger partial charge in [0.2, 0.25) is 11.2 Å². The van der Waals surface area contributed by atoms with Gasteiger partial charge in [-0.25, -0.2) is 9.78 Å². The Kier molecular flexibility index (Phi) is 7.46. The van der Waals surface area contributed by atoms with Gasteiger partial charge in [0, 0.05) is 30.8 Å². The maximum Gasteiger partial charge on any atom is 0.375 e. The Labute approximate surface area is 204 Å². The lowest BCUT2D eigenvalue weighted by molar-refractivity contribution is 0.0492. The lowest BCUT2D eigenvalue weighted by Gasteiger charge is -2.21. The SMILES string of the molecule is CCOC(=O)c1oc2c(C)c(O)c(CN(CCO)CCO)cc2c(=O)c1-c1nc2ccccc2s1. The number of carbonyl (C=O) groups is 1. The van der Waals surface area contributed by atoms with Crippen LogP contribution >= 0.6 is 11.3 Å². The number of aromatic hydroxyl groups is 1. The molecular weight excluding hydrogens is 472 g/mol. The monoisotopic (exact) mass is 498 g/mol. The number of hydrogen-bond acceptors (Lipinski definition) is 10. The van der Waals surface area contributed by atoms with Gasteiger partial charge in [-0.3, -0.25) is 9.69 Å². The number of ether oxygens (including phenoxy) is 1. The third kappa shape index (κ3) is 4.78. The number of aryl methyl sites for hydroxylation is 1. The topological polar surface area (TPSA) is 133 Å². The minimum atomic E-state index is -0.791. The number of phenolic OH excluding ortho intramolecular Hbond substituents is 1. The number of carbonyl (C=O) groups excluding carboxylic acids is 1. The molecular formula is C25H26N2O7S. The molecule has 0 aliphatic carbocycles. The van der Waals surface area contributed by atoms with E-state index in [1.807, 2.05) is 24.3 Å². The van der Waals surface area contributed by atoms with E-state index in [9.17, 15) is 24.9 Å². The summed E-state index contributed by atoms with van der Waals surface area (Å²) in [5, 5.41) is 30.0. The smallest absolute Gasteiger partial charge is 0.375 e. The normalized spacial score (nSPS) is 11.6. The molecule has 3 N–H and O–H groups in total. The van der Waals surface area contributed by atoms with Crippen LogP contribution < -0.4 is 5.43 Å². The van der Waals surface area contributed by atoms with Crippen molar-refractivity contribution in [2.75, 3.05) is 32.9 Å². The average Bonchev–Trinajstić information content (AvgIpc) is 3.27. The van der Waals surface area contributed by atoms with Crippen molar-refractivity contribution >= 4 is 38.5 Å². The van der Waals surface area contributed by atoms with E-state index in [0.717, 1.165) is 4.70 Å². The molecule has 0 amide bonds. The minimum Gasteiger partial charge on any atom is -0.507 e. The summed E-state index contributed by atoms with van der Waals surface area (Å²) < 4.78 is 12.0. The van der Waals surface area contributed by atoms with Crippen LogP contribution in [0.25, 0.3) is 31.8 Å².